The SMILES string of the molecule is CC(C)(C)OC(=O)N1CCC(OC(=O)C(=O)O)CC1. The van der Waals surface area contributed by atoms with Crippen molar-refractivity contribution in [1.29, 1.82) is 0 Å². The third-order valence-electron chi connectivity index (χ3n) is 2.54. The molecule has 0 aromatic rings. The minimum atomic E-state index is -1.60. The summed E-state index contributed by atoms with van der Waals surface area (Å²) >= 11 is 0. The van der Waals surface area contributed by atoms with Crippen LogP contribution >= 0.6 is 0 Å². The minimum Gasteiger partial charge on any atom is -0.473 e. The van der Waals surface area contributed by atoms with E-state index in [1.807, 2.05) is 0 Å². The molecule has 0 spiro atoms. The van der Waals surface area contributed by atoms with Gasteiger partial charge in [0.2, 0.25) is 0 Å². The van der Waals surface area contributed by atoms with Crippen LogP contribution in [0.1, 0.15) is 33.6 Å². The first-order valence-electron chi connectivity index (χ1n) is 6.11. The maximum absolute atomic E-state index is 11.8. The molecule has 0 bridgehead atoms. The molecule has 0 aromatic heterocycles. The Morgan fingerprint density at radius 2 is 1.68 bits per heavy atom. The molecule has 7 nitrogen and oxygen atoms in total. The van der Waals surface area contributed by atoms with E-state index in [0.29, 0.717) is 25.9 Å². The second-order valence-corrected chi connectivity index (χ2v) is 5.38. The summed E-state index contributed by atoms with van der Waals surface area (Å²) in [5.74, 6) is -2.86. The Morgan fingerprint density at radius 3 is 2.11 bits per heavy atom. The maximum atomic E-state index is 11.8. The van der Waals surface area contributed by atoms with Gasteiger partial charge in [-0.1, -0.05) is 0 Å². The van der Waals surface area contributed by atoms with Crippen molar-refractivity contribution in [2.45, 2.75) is 45.3 Å². The van der Waals surface area contributed by atoms with Crippen molar-refractivity contribution >= 4 is 18.0 Å². The summed E-state index contributed by atoms with van der Waals surface area (Å²) in [6.07, 6.45) is -0.0333. The molecule has 108 valence electrons. The minimum absolute atomic E-state index is 0.381. The summed E-state index contributed by atoms with van der Waals surface area (Å²) in [7, 11) is 0. The molecule has 0 saturated carbocycles. The van der Waals surface area contributed by atoms with Crippen molar-refractivity contribution in [2.75, 3.05) is 13.1 Å². The summed E-state index contributed by atoms with van der Waals surface area (Å²) in [6.45, 7) is 6.11. The number of carbonyl (C=O) groups excluding carboxylic acids is 2. The number of carboxylic acid groups (broad SMARTS) is 1. The Morgan fingerprint density at radius 1 is 1.16 bits per heavy atom. The van der Waals surface area contributed by atoms with Gasteiger partial charge in [-0.2, -0.15) is 0 Å². The first-order valence-corrected chi connectivity index (χ1v) is 6.11. The average Bonchev–Trinajstić information content (AvgIpc) is 2.27. The van der Waals surface area contributed by atoms with Crippen molar-refractivity contribution in [2.24, 2.45) is 0 Å². The van der Waals surface area contributed by atoms with E-state index in [1.165, 1.54) is 4.90 Å². The summed E-state index contributed by atoms with van der Waals surface area (Å²) in [5, 5.41) is 8.42. The average molecular weight is 273 g/mol. The lowest BCUT2D eigenvalue weighted by Crippen LogP contribution is -2.44. The monoisotopic (exact) mass is 273 g/mol. The second-order valence-electron chi connectivity index (χ2n) is 5.38. The highest BCUT2D eigenvalue weighted by atomic mass is 16.6. The molecule has 1 aliphatic heterocycles. The predicted molar refractivity (Wildman–Crippen MR) is 64.6 cm³/mol. The molecule has 7 heteroatoms. The van der Waals surface area contributed by atoms with Crippen molar-refractivity contribution in [1.82, 2.24) is 4.90 Å². The van der Waals surface area contributed by atoms with Crippen LogP contribution in [-0.2, 0) is 19.1 Å². The topological polar surface area (TPSA) is 93.1 Å². The van der Waals surface area contributed by atoms with Crippen LogP contribution in [0.5, 0.6) is 0 Å². The fraction of sp³-hybridized carbons (Fsp3) is 0.750. The molecule has 0 radical (unpaired) electrons. The maximum Gasteiger partial charge on any atom is 0.417 e. The molecule has 1 saturated heterocycles. The first-order chi connectivity index (χ1) is 8.69. The van der Waals surface area contributed by atoms with Gasteiger partial charge in [0, 0.05) is 25.9 Å². The number of nitrogens with zero attached hydrogens (tertiary/aromatic N) is 1. The van der Waals surface area contributed by atoms with Gasteiger partial charge in [-0.15, -0.1) is 0 Å². The molecule has 0 aromatic carbocycles. The number of hydrogen-bond donors (Lipinski definition) is 1. The fourth-order valence-corrected chi connectivity index (χ4v) is 1.68. The van der Waals surface area contributed by atoms with Gasteiger partial charge in [-0.3, -0.25) is 0 Å². The van der Waals surface area contributed by atoms with Crippen LogP contribution < -0.4 is 0 Å². The molecule has 19 heavy (non-hydrogen) atoms. The second kappa shape index (κ2) is 5.90. The van der Waals surface area contributed by atoms with E-state index in [1.54, 1.807) is 20.8 Å². The molecule has 0 atom stereocenters. The molecule has 0 aliphatic carbocycles. The summed E-state index contributed by atoms with van der Waals surface area (Å²) < 4.78 is 9.98. The van der Waals surface area contributed by atoms with Crippen molar-refractivity contribution < 1.29 is 29.0 Å². The molecule has 1 amide bonds. The number of amides is 1. The Kier molecular flexibility index (Phi) is 4.74. The third-order valence-corrected chi connectivity index (χ3v) is 2.54. The molecule has 0 unspecified atom stereocenters. The van der Waals surface area contributed by atoms with E-state index in [9.17, 15) is 14.4 Å². The lowest BCUT2D eigenvalue weighted by Gasteiger charge is -2.32. The largest absolute Gasteiger partial charge is 0.473 e. The van der Waals surface area contributed by atoms with Gasteiger partial charge < -0.3 is 19.5 Å². The van der Waals surface area contributed by atoms with Gasteiger partial charge in [-0.25, -0.2) is 14.4 Å². The van der Waals surface area contributed by atoms with Crippen LogP contribution in [0.25, 0.3) is 0 Å². The number of rotatable bonds is 1. The van der Waals surface area contributed by atoms with Gasteiger partial charge >= 0.3 is 18.0 Å². The Labute approximate surface area is 111 Å². The van der Waals surface area contributed by atoms with Crippen molar-refractivity contribution in [3.05, 3.63) is 0 Å². The van der Waals surface area contributed by atoms with E-state index in [2.05, 4.69) is 0 Å². The van der Waals surface area contributed by atoms with E-state index < -0.39 is 29.7 Å². The Balaban J connectivity index is 2.39. The van der Waals surface area contributed by atoms with Gasteiger partial charge in [0.1, 0.15) is 11.7 Å². The summed E-state index contributed by atoms with van der Waals surface area (Å²) in [6, 6.07) is 0. The van der Waals surface area contributed by atoms with Gasteiger partial charge in [-0.05, 0) is 20.8 Å². The van der Waals surface area contributed by atoms with Gasteiger partial charge in [0.25, 0.3) is 0 Å². The van der Waals surface area contributed by atoms with E-state index in [4.69, 9.17) is 14.6 Å². The zero-order valence-electron chi connectivity index (χ0n) is 11.3. The van der Waals surface area contributed by atoms with Crippen LogP contribution in [0.4, 0.5) is 4.79 Å². The molecule has 1 aliphatic rings. The predicted octanol–water partition coefficient (Wildman–Crippen LogP) is 1.01. The van der Waals surface area contributed by atoms with Crippen LogP contribution in [0.15, 0.2) is 0 Å². The van der Waals surface area contributed by atoms with Gasteiger partial charge in [0.05, 0.1) is 0 Å². The highest BCUT2D eigenvalue weighted by molar-refractivity contribution is 6.28. The number of carbonyl (C=O) groups is 3. The smallest absolute Gasteiger partial charge is 0.417 e. The summed E-state index contributed by atoms with van der Waals surface area (Å²) in [5.41, 5.74) is -0.552. The quantitative estimate of drug-likeness (QED) is 0.566. The zero-order chi connectivity index (χ0) is 14.6. The number of likely N-dealkylation sites (tertiary alicyclic amines) is 1. The Bertz CT molecular complexity index is 365. The van der Waals surface area contributed by atoms with Crippen LogP contribution in [-0.4, -0.2) is 52.8 Å². The van der Waals surface area contributed by atoms with E-state index >= 15 is 0 Å². The summed E-state index contributed by atoms with van der Waals surface area (Å²) in [4.78, 5) is 34.5. The lowest BCUT2D eigenvalue weighted by molar-refractivity contribution is -0.168. The van der Waals surface area contributed by atoms with Crippen molar-refractivity contribution in [3.63, 3.8) is 0 Å². The van der Waals surface area contributed by atoms with E-state index in [-0.39, 0.29) is 0 Å². The number of esters is 1. The molecular formula is C12H19NO6. The van der Waals surface area contributed by atoms with Gasteiger partial charge in [0.15, 0.2) is 0 Å². The highest BCUT2D eigenvalue weighted by Crippen LogP contribution is 2.17. The number of piperidine rings is 1. The molecule has 1 heterocycles. The third kappa shape index (κ3) is 5.15. The standard InChI is InChI=1S/C12H19NO6/c1-12(2,3)19-11(17)13-6-4-8(5-7-13)18-10(16)9(14)15/h8H,4-7H2,1-3H3,(H,14,15). The van der Waals surface area contributed by atoms with Crippen molar-refractivity contribution in [3.8, 4) is 0 Å². The highest BCUT2D eigenvalue weighted by Gasteiger charge is 2.29. The van der Waals surface area contributed by atoms with E-state index in [0.717, 1.165) is 0 Å². The molecule has 1 fully saturated rings. The number of carboxylic acids is 1. The van der Waals surface area contributed by atoms with Crippen LogP contribution in [0.2, 0.25) is 0 Å². The fourth-order valence-electron chi connectivity index (χ4n) is 1.68. The van der Waals surface area contributed by atoms with Crippen LogP contribution in [0, 0.1) is 0 Å². The number of aliphatic carboxylic acids is 1. The Hall–Kier alpha value is -1.79. The first kappa shape index (κ1) is 15.3. The zero-order valence-corrected chi connectivity index (χ0v) is 11.3. The molecule has 1 N–H and O–H groups in total. The molecular weight excluding hydrogens is 254 g/mol. The number of ether oxygens (including phenoxy) is 2. The molecule has 1 rings (SSSR count). The lowest BCUT2D eigenvalue weighted by atomic mass is 10.1. The number of hydrogen-bond acceptors (Lipinski definition) is 5. The van der Waals surface area contributed by atoms with Crippen LogP contribution in [0.3, 0.4) is 0 Å². The normalized spacial score (nSPS) is 16.9.